The summed E-state index contributed by atoms with van der Waals surface area (Å²) in [5, 5.41) is 3.31. The summed E-state index contributed by atoms with van der Waals surface area (Å²) in [6.07, 6.45) is 1.79. The van der Waals surface area contributed by atoms with Gasteiger partial charge in [-0.15, -0.1) is 0 Å². The van der Waals surface area contributed by atoms with Crippen molar-refractivity contribution in [2.75, 3.05) is 20.4 Å². The molecule has 0 fully saturated rings. The van der Waals surface area contributed by atoms with Gasteiger partial charge in [-0.05, 0) is 24.6 Å². The molecule has 3 rings (SSSR count). The maximum absolute atomic E-state index is 5.83. The molecule has 1 aromatic carbocycles. The van der Waals surface area contributed by atoms with Crippen molar-refractivity contribution >= 4 is 5.96 Å². The van der Waals surface area contributed by atoms with Gasteiger partial charge < -0.3 is 24.1 Å². The van der Waals surface area contributed by atoms with Crippen LogP contribution in [-0.4, -0.2) is 36.2 Å². The molecule has 1 aliphatic heterocycles. The van der Waals surface area contributed by atoms with Gasteiger partial charge in [0.1, 0.15) is 12.3 Å². The highest BCUT2D eigenvalue weighted by atomic mass is 16.7. The summed E-state index contributed by atoms with van der Waals surface area (Å²) < 4.78 is 16.7. The molecule has 0 saturated heterocycles. The first-order valence-corrected chi connectivity index (χ1v) is 9.20. The lowest BCUT2D eigenvalue weighted by atomic mass is 9.94. The number of guanidine groups is 1. The number of aromatic nitrogens is 1. The smallest absolute Gasteiger partial charge is 0.231 e. The van der Waals surface area contributed by atoms with E-state index in [2.05, 4.69) is 41.0 Å². The predicted octanol–water partition coefficient (Wildman–Crippen LogP) is 3.30. The van der Waals surface area contributed by atoms with Crippen molar-refractivity contribution in [1.29, 1.82) is 0 Å². The Bertz CT molecular complexity index is 808. The molecular weight excluding hydrogens is 344 g/mol. The number of rotatable bonds is 5. The average Bonchev–Trinajstić information content (AvgIpc) is 3.26. The third kappa shape index (κ3) is 4.72. The van der Waals surface area contributed by atoms with Crippen molar-refractivity contribution in [2.45, 2.75) is 46.2 Å². The molecule has 7 heteroatoms. The highest BCUT2D eigenvalue weighted by Crippen LogP contribution is 2.32. The van der Waals surface area contributed by atoms with Gasteiger partial charge in [-0.2, -0.15) is 0 Å². The number of fused-ring (bicyclic) bond motifs is 1. The number of nitrogens with zero attached hydrogens (tertiary/aromatic N) is 3. The Morgan fingerprint density at radius 2 is 2.04 bits per heavy atom. The standard InChI is InChI=1S/C20H28N4O3/c1-6-21-19(23-11-18-22-10-17(27-18)20(2,3)4)24(5)12-14-7-8-15-16(9-14)26-13-25-15/h7-10H,6,11-13H2,1-5H3,(H,21,23). The minimum atomic E-state index is -0.0599. The van der Waals surface area contributed by atoms with Crippen LogP contribution < -0.4 is 14.8 Å². The topological polar surface area (TPSA) is 72.1 Å². The van der Waals surface area contributed by atoms with E-state index in [9.17, 15) is 0 Å². The van der Waals surface area contributed by atoms with Crippen LogP contribution in [0.2, 0.25) is 0 Å². The van der Waals surface area contributed by atoms with Crippen LogP contribution in [0.4, 0.5) is 0 Å². The molecule has 0 atom stereocenters. The normalized spacial score (nSPS) is 13.7. The largest absolute Gasteiger partial charge is 0.454 e. The zero-order chi connectivity index (χ0) is 19.4. The van der Waals surface area contributed by atoms with Gasteiger partial charge in [0.2, 0.25) is 12.7 Å². The summed E-state index contributed by atoms with van der Waals surface area (Å²) >= 11 is 0. The second-order valence-electron chi connectivity index (χ2n) is 7.58. The Morgan fingerprint density at radius 1 is 1.26 bits per heavy atom. The molecule has 2 heterocycles. The van der Waals surface area contributed by atoms with Gasteiger partial charge >= 0.3 is 0 Å². The molecule has 0 radical (unpaired) electrons. The van der Waals surface area contributed by atoms with Crippen LogP contribution in [0.15, 0.2) is 33.8 Å². The highest BCUT2D eigenvalue weighted by molar-refractivity contribution is 5.79. The Morgan fingerprint density at radius 3 is 2.74 bits per heavy atom. The molecule has 146 valence electrons. The second-order valence-corrected chi connectivity index (χ2v) is 7.58. The first-order valence-electron chi connectivity index (χ1n) is 9.20. The number of ether oxygens (including phenoxy) is 2. The lowest BCUT2D eigenvalue weighted by Gasteiger charge is -2.22. The van der Waals surface area contributed by atoms with E-state index in [0.29, 0.717) is 19.0 Å². The number of hydrogen-bond donors (Lipinski definition) is 1. The maximum Gasteiger partial charge on any atom is 0.231 e. The van der Waals surface area contributed by atoms with Crippen LogP contribution in [0.3, 0.4) is 0 Å². The molecule has 7 nitrogen and oxygen atoms in total. The van der Waals surface area contributed by atoms with Crippen molar-refractivity contribution in [2.24, 2.45) is 4.99 Å². The van der Waals surface area contributed by atoms with Crippen LogP contribution in [-0.2, 0) is 18.5 Å². The van der Waals surface area contributed by atoms with Crippen molar-refractivity contribution in [1.82, 2.24) is 15.2 Å². The van der Waals surface area contributed by atoms with Crippen molar-refractivity contribution < 1.29 is 13.9 Å². The third-order valence-corrected chi connectivity index (χ3v) is 4.21. The molecule has 0 spiro atoms. The molecule has 1 aliphatic rings. The monoisotopic (exact) mass is 372 g/mol. The Kier molecular flexibility index (Phi) is 5.58. The van der Waals surface area contributed by atoms with E-state index in [1.807, 2.05) is 32.2 Å². The summed E-state index contributed by atoms with van der Waals surface area (Å²) in [4.78, 5) is 11.1. The zero-order valence-corrected chi connectivity index (χ0v) is 16.7. The molecule has 0 bridgehead atoms. The summed E-state index contributed by atoms with van der Waals surface area (Å²) in [5.74, 6) is 3.86. The van der Waals surface area contributed by atoms with Crippen LogP contribution >= 0.6 is 0 Å². The number of nitrogens with one attached hydrogen (secondary N) is 1. The van der Waals surface area contributed by atoms with Crippen LogP contribution in [0.5, 0.6) is 11.5 Å². The molecule has 1 aromatic heterocycles. The lowest BCUT2D eigenvalue weighted by Crippen LogP contribution is -2.38. The van der Waals surface area contributed by atoms with Crippen LogP contribution in [0.25, 0.3) is 0 Å². The van der Waals surface area contributed by atoms with Gasteiger partial charge in [0, 0.05) is 25.6 Å². The van der Waals surface area contributed by atoms with E-state index < -0.39 is 0 Å². The van der Waals surface area contributed by atoms with E-state index >= 15 is 0 Å². The van der Waals surface area contributed by atoms with Gasteiger partial charge in [0.15, 0.2) is 17.5 Å². The predicted molar refractivity (Wildman–Crippen MR) is 104 cm³/mol. The number of benzene rings is 1. The summed E-state index contributed by atoms with van der Waals surface area (Å²) in [6, 6.07) is 5.99. The van der Waals surface area contributed by atoms with Crippen molar-refractivity contribution in [3.63, 3.8) is 0 Å². The molecule has 1 N–H and O–H groups in total. The molecule has 0 amide bonds. The zero-order valence-electron chi connectivity index (χ0n) is 16.7. The number of aliphatic imine (C=N–C) groups is 1. The maximum atomic E-state index is 5.83. The number of hydrogen-bond acceptors (Lipinski definition) is 5. The molecule has 2 aromatic rings. The van der Waals surface area contributed by atoms with Crippen molar-refractivity contribution in [3.8, 4) is 11.5 Å². The van der Waals surface area contributed by atoms with Crippen LogP contribution in [0, 0.1) is 0 Å². The second kappa shape index (κ2) is 7.90. The fraction of sp³-hybridized carbons (Fsp3) is 0.500. The molecule has 0 unspecified atom stereocenters. The van der Waals surface area contributed by atoms with Gasteiger partial charge in [0.25, 0.3) is 0 Å². The molecule has 0 aliphatic carbocycles. The molecular formula is C20H28N4O3. The fourth-order valence-corrected chi connectivity index (χ4v) is 2.73. The minimum Gasteiger partial charge on any atom is -0.454 e. The van der Waals surface area contributed by atoms with Gasteiger partial charge in [-0.1, -0.05) is 26.8 Å². The van der Waals surface area contributed by atoms with Gasteiger partial charge in [-0.3, -0.25) is 0 Å². The van der Waals surface area contributed by atoms with Crippen LogP contribution in [0.1, 0.15) is 44.9 Å². The van der Waals surface area contributed by atoms with Gasteiger partial charge in [0.05, 0.1) is 6.20 Å². The third-order valence-electron chi connectivity index (χ3n) is 4.21. The highest BCUT2D eigenvalue weighted by Gasteiger charge is 2.19. The van der Waals surface area contributed by atoms with E-state index in [-0.39, 0.29) is 12.2 Å². The fourth-order valence-electron chi connectivity index (χ4n) is 2.73. The summed E-state index contributed by atoms with van der Waals surface area (Å²) in [5.41, 5.74) is 1.06. The first-order chi connectivity index (χ1) is 12.9. The molecule has 0 saturated carbocycles. The minimum absolute atomic E-state index is 0.0599. The van der Waals surface area contributed by atoms with E-state index in [4.69, 9.17) is 13.9 Å². The summed E-state index contributed by atoms with van der Waals surface area (Å²) in [6.45, 7) is 10.5. The quantitative estimate of drug-likeness (QED) is 0.641. The number of oxazole rings is 1. The van der Waals surface area contributed by atoms with Gasteiger partial charge in [-0.25, -0.2) is 9.98 Å². The van der Waals surface area contributed by atoms with E-state index in [1.54, 1.807) is 6.20 Å². The Hall–Kier alpha value is -2.70. The van der Waals surface area contributed by atoms with Crippen molar-refractivity contribution in [3.05, 3.63) is 41.6 Å². The Balaban J connectivity index is 1.68. The summed E-state index contributed by atoms with van der Waals surface area (Å²) in [7, 11) is 2.00. The average molecular weight is 372 g/mol. The SMILES string of the molecule is CCNC(=NCc1ncc(C(C)(C)C)o1)N(C)Cc1ccc2c(c1)OCO2. The van der Waals surface area contributed by atoms with E-state index in [1.165, 1.54) is 0 Å². The Labute approximate surface area is 160 Å². The first kappa shape index (κ1) is 19.1. The van der Waals surface area contributed by atoms with E-state index in [0.717, 1.165) is 35.3 Å². The lowest BCUT2D eigenvalue weighted by molar-refractivity contribution is 0.174. The molecule has 27 heavy (non-hydrogen) atoms.